The fourth-order valence-corrected chi connectivity index (χ4v) is 3.76. The average molecular weight is 452 g/mol. The number of hydrogen-bond acceptors (Lipinski definition) is 6. The average Bonchev–Trinajstić information content (AvgIpc) is 3.02. The second-order valence-corrected chi connectivity index (χ2v) is 7.87. The van der Waals surface area contributed by atoms with Crippen LogP contribution >= 0.6 is 35.0 Å². The first-order valence-corrected chi connectivity index (χ1v) is 10.0. The van der Waals surface area contributed by atoms with Gasteiger partial charge in [0, 0.05) is 35.0 Å². The van der Waals surface area contributed by atoms with Gasteiger partial charge in [-0.2, -0.15) is 0 Å². The largest absolute Gasteiger partial charge is 0.325 e. The molecule has 29 heavy (non-hydrogen) atoms. The molecule has 3 rings (SSSR count). The Kier molecular flexibility index (Phi) is 6.41. The SMILES string of the molecule is Cc1ccc(NC(=O)CSc2nnc(-c3ccc(Cl)cc3Cl)n2C)cc1[N+](=O)[O-]. The summed E-state index contributed by atoms with van der Waals surface area (Å²) in [6, 6.07) is 9.62. The molecule has 1 amide bonds. The summed E-state index contributed by atoms with van der Waals surface area (Å²) in [6.45, 7) is 1.64. The van der Waals surface area contributed by atoms with E-state index in [1.54, 1.807) is 48.9 Å². The van der Waals surface area contributed by atoms with Gasteiger partial charge in [-0.15, -0.1) is 10.2 Å². The zero-order valence-electron chi connectivity index (χ0n) is 15.3. The van der Waals surface area contributed by atoms with Crippen molar-refractivity contribution in [3.8, 4) is 11.4 Å². The Bertz CT molecular complexity index is 1100. The number of aryl methyl sites for hydroxylation is 1. The third-order valence-electron chi connectivity index (χ3n) is 4.03. The summed E-state index contributed by atoms with van der Waals surface area (Å²) in [5.41, 5.74) is 1.51. The molecule has 3 aromatic rings. The first kappa shape index (κ1) is 21.1. The third-order valence-corrected chi connectivity index (χ3v) is 5.60. The summed E-state index contributed by atoms with van der Waals surface area (Å²) >= 11 is 13.3. The van der Waals surface area contributed by atoms with Gasteiger partial charge in [0.1, 0.15) is 0 Å². The van der Waals surface area contributed by atoms with Crippen molar-refractivity contribution >= 4 is 52.2 Å². The van der Waals surface area contributed by atoms with E-state index in [2.05, 4.69) is 15.5 Å². The van der Waals surface area contributed by atoms with Gasteiger partial charge < -0.3 is 9.88 Å². The maximum absolute atomic E-state index is 12.2. The smallest absolute Gasteiger partial charge is 0.274 e. The molecule has 0 saturated carbocycles. The number of hydrogen-bond donors (Lipinski definition) is 1. The highest BCUT2D eigenvalue weighted by atomic mass is 35.5. The van der Waals surface area contributed by atoms with Gasteiger partial charge in [-0.1, -0.05) is 41.0 Å². The van der Waals surface area contributed by atoms with E-state index >= 15 is 0 Å². The fraction of sp³-hybridized carbons (Fsp3) is 0.167. The van der Waals surface area contributed by atoms with E-state index in [9.17, 15) is 14.9 Å². The van der Waals surface area contributed by atoms with Crippen molar-refractivity contribution < 1.29 is 9.72 Å². The minimum Gasteiger partial charge on any atom is -0.325 e. The molecule has 11 heteroatoms. The van der Waals surface area contributed by atoms with E-state index in [-0.39, 0.29) is 17.3 Å². The van der Waals surface area contributed by atoms with Crippen molar-refractivity contribution in [1.82, 2.24) is 14.8 Å². The zero-order valence-corrected chi connectivity index (χ0v) is 17.7. The fourth-order valence-electron chi connectivity index (χ4n) is 2.56. The van der Waals surface area contributed by atoms with Crippen molar-refractivity contribution in [3.63, 3.8) is 0 Å². The van der Waals surface area contributed by atoms with Crippen molar-refractivity contribution in [3.05, 3.63) is 62.1 Å². The number of carbonyl (C=O) groups is 1. The number of carbonyl (C=O) groups excluding carboxylic acids is 1. The molecule has 1 aromatic heterocycles. The Balaban J connectivity index is 1.68. The predicted molar refractivity (Wildman–Crippen MR) is 114 cm³/mol. The van der Waals surface area contributed by atoms with Crippen LogP contribution in [0.15, 0.2) is 41.6 Å². The summed E-state index contributed by atoms with van der Waals surface area (Å²) in [6.07, 6.45) is 0. The number of amides is 1. The lowest BCUT2D eigenvalue weighted by atomic mass is 10.2. The first-order valence-electron chi connectivity index (χ1n) is 8.28. The molecule has 1 N–H and O–H groups in total. The van der Waals surface area contributed by atoms with E-state index in [0.29, 0.717) is 37.8 Å². The van der Waals surface area contributed by atoms with Crippen LogP contribution in [0.3, 0.4) is 0 Å². The number of benzene rings is 2. The molecule has 0 fully saturated rings. The van der Waals surface area contributed by atoms with Gasteiger partial charge >= 0.3 is 0 Å². The zero-order chi connectivity index (χ0) is 21.1. The molecule has 0 unspecified atom stereocenters. The molecule has 8 nitrogen and oxygen atoms in total. The number of thioether (sulfide) groups is 1. The van der Waals surface area contributed by atoms with Gasteiger partial charge in [0.05, 0.1) is 15.7 Å². The summed E-state index contributed by atoms with van der Waals surface area (Å²) in [4.78, 5) is 22.8. The van der Waals surface area contributed by atoms with Crippen LogP contribution in [0.5, 0.6) is 0 Å². The van der Waals surface area contributed by atoms with Crippen molar-refractivity contribution in [2.24, 2.45) is 7.05 Å². The second kappa shape index (κ2) is 8.81. The van der Waals surface area contributed by atoms with E-state index < -0.39 is 4.92 Å². The Labute approximate surface area is 180 Å². The van der Waals surface area contributed by atoms with E-state index in [1.807, 2.05) is 0 Å². The number of nitro benzene ring substituents is 1. The normalized spacial score (nSPS) is 10.8. The Morgan fingerprint density at radius 3 is 2.69 bits per heavy atom. The Morgan fingerprint density at radius 2 is 2.00 bits per heavy atom. The number of rotatable bonds is 6. The van der Waals surface area contributed by atoms with E-state index in [0.717, 1.165) is 0 Å². The number of anilines is 1. The van der Waals surface area contributed by atoms with Crippen LogP contribution in [0.2, 0.25) is 10.0 Å². The molecule has 1 heterocycles. The van der Waals surface area contributed by atoms with Crippen LogP contribution in [-0.4, -0.2) is 31.3 Å². The molecule has 0 saturated heterocycles. The van der Waals surface area contributed by atoms with Gasteiger partial charge in [0.2, 0.25) is 5.91 Å². The molecule has 0 spiro atoms. The van der Waals surface area contributed by atoms with Crippen LogP contribution in [-0.2, 0) is 11.8 Å². The summed E-state index contributed by atoms with van der Waals surface area (Å²) in [5.74, 6) is 0.285. The maximum Gasteiger partial charge on any atom is 0.274 e. The molecular formula is C18H15Cl2N5O3S. The Morgan fingerprint density at radius 1 is 1.24 bits per heavy atom. The minimum atomic E-state index is -0.483. The Hall–Kier alpha value is -2.62. The molecular weight excluding hydrogens is 437 g/mol. The molecule has 150 valence electrons. The van der Waals surface area contributed by atoms with Gasteiger partial charge in [-0.3, -0.25) is 14.9 Å². The quantitative estimate of drug-likeness (QED) is 0.329. The van der Waals surface area contributed by atoms with Crippen LogP contribution < -0.4 is 5.32 Å². The lowest BCUT2D eigenvalue weighted by molar-refractivity contribution is -0.385. The van der Waals surface area contributed by atoms with Crippen LogP contribution in [0, 0.1) is 17.0 Å². The molecule has 0 aliphatic rings. The molecule has 0 aliphatic heterocycles. The van der Waals surface area contributed by atoms with Gasteiger partial charge in [0.25, 0.3) is 5.69 Å². The van der Waals surface area contributed by atoms with Gasteiger partial charge in [-0.05, 0) is 31.2 Å². The van der Waals surface area contributed by atoms with E-state index in [4.69, 9.17) is 23.2 Å². The lowest BCUT2D eigenvalue weighted by Gasteiger charge is -2.07. The highest BCUT2D eigenvalue weighted by molar-refractivity contribution is 7.99. The molecule has 0 radical (unpaired) electrons. The van der Waals surface area contributed by atoms with Crippen molar-refractivity contribution in [2.75, 3.05) is 11.1 Å². The van der Waals surface area contributed by atoms with Crippen molar-refractivity contribution in [1.29, 1.82) is 0 Å². The first-order chi connectivity index (χ1) is 13.8. The van der Waals surface area contributed by atoms with Crippen molar-refractivity contribution in [2.45, 2.75) is 12.1 Å². The molecule has 2 aromatic carbocycles. The minimum absolute atomic E-state index is 0.0479. The third kappa shape index (κ3) is 4.87. The molecule has 0 bridgehead atoms. The second-order valence-electron chi connectivity index (χ2n) is 6.08. The number of nitrogens with one attached hydrogen (secondary N) is 1. The van der Waals surface area contributed by atoms with Gasteiger partial charge in [-0.25, -0.2) is 0 Å². The molecule has 0 atom stereocenters. The standard InChI is InChI=1S/C18H15Cl2N5O3S/c1-10-3-5-12(8-15(10)25(27)28)21-16(26)9-29-18-23-22-17(24(18)2)13-6-4-11(19)7-14(13)20/h3-8H,9H2,1-2H3,(H,21,26). The van der Waals surface area contributed by atoms with E-state index in [1.165, 1.54) is 17.8 Å². The summed E-state index contributed by atoms with van der Waals surface area (Å²) < 4.78 is 1.73. The number of nitro groups is 1. The summed E-state index contributed by atoms with van der Waals surface area (Å²) in [7, 11) is 1.77. The topological polar surface area (TPSA) is 103 Å². The number of nitrogens with zero attached hydrogens (tertiary/aromatic N) is 4. The maximum atomic E-state index is 12.2. The van der Waals surface area contributed by atoms with Crippen LogP contribution in [0.1, 0.15) is 5.56 Å². The summed E-state index contributed by atoms with van der Waals surface area (Å²) in [5, 5.41) is 23.4. The molecule has 0 aliphatic carbocycles. The number of aromatic nitrogens is 3. The van der Waals surface area contributed by atoms with Crippen LogP contribution in [0.4, 0.5) is 11.4 Å². The van der Waals surface area contributed by atoms with Crippen LogP contribution in [0.25, 0.3) is 11.4 Å². The predicted octanol–water partition coefficient (Wildman–Crippen LogP) is 4.74. The highest BCUT2D eigenvalue weighted by Crippen LogP contribution is 2.30. The van der Waals surface area contributed by atoms with Gasteiger partial charge in [0.15, 0.2) is 11.0 Å². The highest BCUT2D eigenvalue weighted by Gasteiger charge is 2.16. The monoisotopic (exact) mass is 451 g/mol. The number of halogens is 2. The lowest BCUT2D eigenvalue weighted by Crippen LogP contribution is -2.14.